The third-order valence-corrected chi connectivity index (χ3v) is 5.06. The first-order valence-electron chi connectivity index (χ1n) is 7.59. The number of fused-ring (bicyclic) bond motifs is 1. The minimum absolute atomic E-state index is 0.0874. The molecular formula is C17H17N3O2S2. The second kappa shape index (κ2) is 7.55. The number of thiophene rings is 1. The van der Waals surface area contributed by atoms with Crippen molar-refractivity contribution in [2.45, 2.75) is 19.8 Å². The molecular weight excluding hydrogens is 342 g/mol. The van der Waals surface area contributed by atoms with Crippen molar-refractivity contribution in [1.82, 2.24) is 10.3 Å². The number of rotatable bonds is 6. The SMILES string of the molecule is Cc1ccc2nc(NC(=O)CCCNC(=O)c3ccsc3)sc2c1. The Bertz CT molecular complexity index is 856. The molecule has 3 aromatic rings. The van der Waals surface area contributed by atoms with Gasteiger partial charge in [-0.1, -0.05) is 17.4 Å². The number of carbonyl (C=O) groups is 2. The molecule has 0 aliphatic carbocycles. The molecule has 24 heavy (non-hydrogen) atoms. The van der Waals surface area contributed by atoms with Crippen LogP contribution in [0.15, 0.2) is 35.0 Å². The van der Waals surface area contributed by atoms with Crippen molar-refractivity contribution in [3.8, 4) is 0 Å². The van der Waals surface area contributed by atoms with Gasteiger partial charge in [-0.25, -0.2) is 4.98 Å². The van der Waals surface area contributed by atoms with Crippen LogP contribution in [0.25, 0.3) is 10.2 Å². The predicted octanol–water partition coefficient (Wildman–Crippen LogP) is 3.81. The summed E-state index contributed by atoms with van der Waals surface area (Å²) in [5.41, 5.74) is 2.73. The van der Waals surface area contributed by atoms with Gasteiger partial charge in [-0.05, 0) is 42.5 Å². The van der Waals surface area contributed by atoms with E-state index in [4.69, 9.17) is 0 Å². The fourth-order valence-corrected chi connectivity index (χ4v) is 3.83. The summed E-state index contributed by atoms with van der Waals surface area (Å²) in [6.45, 7) is 2.50. The number of amides is 2. The molecule has 2 heterocycles. The quantitative estimate of drug-likeness (QED) is 0.657. The average molecular weight is 359 g/mol. The number of aromatic nitrogens is 1. The second-order valence-corrected chi connectivity index (χ2v) is 7.22. The number of hydrogen-bond acceptors (Lipinski definition) is 5. The summed E-state index contributed by atoms with van der Waals surface area (Å²) >= 11 is 2.96. The van der Waals surface area contributed by atoms with E-state index < -0.39 is 0 Å². The van der Waals surface area contributed by atoms with Crippen molar-refractivity contribution >= 4 is 49.8 Å². The number of thiazole rings is 1. The van der Waals surface area contributed by atoms with E-state index in [1.165, 1.54) is 28.2 Å². The Morgan fingerprint density at radius 1 is 1.25 bits per heavy atom. The van der Waals surface area contributed by atoms with Gasteiger partial charge in [-0.2, -0.15) is 11.3 Å². The van der Waals surface area contributed by atoms with Crippen molar-refractivity contribution in [3.05, 3.63) is 46.2 Å². The molecule has 5 nitrogen and oxygen atoms in total. The Kier molecular flexibility index (Phi) is 5.22. The fourth-order valence-electron chi connectivity index (χ4n) is 2.21. The minimum atomic E-state index is -0.0989. The lowest BCUT2D eigenvalue weighted by Gasteiger charge is -2.04. The molecule has 0 atom stereocenters. The van der Waals surface area contributed by atoms with Crippen LogP contribution in [0, 0.1) is 6.92 Å². The number of benzene rings is 1. The number of anilines is 1. The molecule has 3 rings (SSSR count). The van der Waals surface area contributed by atoms with E-state index in [1.54, 1.807) is 11.4 Å². The Labute approximate surface area is 147 Å². The zero-order chi connectivity index (χ0) is 16.9. The molecule has 0 bridgehead atoms. The molecule has 1 aromatic carbocycles. The molecule has 0 radical (unpaired) electrons. The molecule has 0 aliphatic heterocycles. The molecule has 2 N–H and O–H groups in total. The number of aryl methyl sites for hydroxylation is 1. The van der Waals surface area contributed by atoms with Gasteiger partial charge in [0.1, 0.15) is 0 Å². The third kappa shape index (κ3) is 4.18. The largest absolute Gasteiger partial charge is 0.352 e. The van der Waals surface area contributed by atoms with Gasteiger partial charge in [0, 0.05) is 23.9 Å². The standard InChI is InChI=1S/C17H17N3O2S2/c1-11-4-5-13-14(9-11)24-17(19-13)20-15(21)3-2-7-18-16(22)12-6-8-23-10-12/h4-6,8-10H,2-3,7H2,1H3,(H,18,22)(H,19,20,21). The Balaban J connectivity index is 1.44. The lowest BCUT2D eigenvalue weighted by Crippen LogP contribution is -2.25. The molecule has 0 saturated heterocycles. The van der Waals surface area contributed by atoms with Crippen LogP contribution in [-0.2, 0) is 4.79 Å². The molecule has 0 saturated carbocycles. The van der Waals surface area contributed by atoms with Crippen molar-refractivity contribution in [1.29, 1.82) is 0 Å². The van der Waals surface area contributed by atoms with Gasteiger partial charge in [0.05, 0.1) is 10.2 Å². The van der Waals surface area contributed by atoms with E-state index in [9.17, 15) is 9.59 Å². The van der Waals surface area contributed by atoms with Gasteiger partial charge in [-0.15, -0.1) is 0 Å². The maximum absolute atomic E-state index is 12.0. The fraction of sp³-hybridized carbons (Fsp3) is 0.235. The maximum Gasteiger partial charge on any atom is 0.252 e. The highest BCUT2D eigenvalue weighted by Crippen LogP contribution is 2.26. The van der Waals surface area contributed by atoms with E-state index in [0.717, 1.165) is 10.2 Å². The molecule has 2 aromatic heterocycles. The van der Waals surface area contributed by atoms with E-state index in [0.29, 0.717) is 30.1 Å². The van der Waals surface area contributed by atoms with Gasteiger partial charge in [0.15, 0.2) is 5.13 Å². The first-order chi connectivity index (χ1) is 11.6. The third-order valence-electron chi connectivity index (χ3n) is 3.44. The van der Waals surface area contributed by atoms with Gasteiger partial charge >= 0.3 is 0 Å². The summed E-state index contributed by atoms with van der Waals surface area (Å²) in [7, 11) is 0. The number of hydrogen-bond donors (Lipinski definition) is 2. The normalized spacial score (nSPS) is 10.7. The lowest BCUT2D eigenvalue weighted by molar-refractivity contribution is -0.116. The summed E-state index contributed by atoms with van der Waals surface area (Å²) < 4.78 is 1.06. The van der Waals surface area contributed by atoms with Crippen LogP contribution in [0.1, 0.15) is 28.8 Å². The molecule has 2 amide bonds. The van der Waals surface area contributed by atoms with Crippen LogP contribution >= 0.6 is 22.7 Å². The Hall–Kier alpha value is -2.25. The highest BCUT2D eigenvalue weighted by molar-refractivity contribution is 7.22. The van der Waals surface area contributed by atoms with E-state index in [1.807, 2.05) is 24.4 Å². The van der Waals surface area contributed by atoms with Crippen LogP contribution in [-0.4, -0.2) is 23.3 Å². The topological polar surface area (TPSA) is 71.1 Å². The van der Waals surface area contributed by atoms with Gasteiger partial charge < -0.3 is 10.6 Å². The maximum atomic E-state index is 12.0. The Morgan fingerprint density at radius 2 is 2.12 bits per heavy atom. The van der Waals surface area contributed by atoms with Gasteiger partial charge in [0.2, 0.25) is 5.91 Å². The van der Waals surface area contributed by atoms with E-state index in [2.05, 4.69) is 21.7 Å². The summed E-state index contributed by atoms with van der Waals surface area (Å²) in [5.74, 6) is -0.186. The molecule has 0 fully saturated rings. The highest BCUT2D eigenvalue weighted by atomic mass is 32.1. The summed E-state index contributed by atoms with van der Waals surface area (Å²) in [5, 5.41) is 9.91. The molecule has 0 spiro atoms. The van der Waals surface area contributed by atoms with Crippen LogP contribution < -0.4 is 10.6 Å². The summed E-state index contributed by atoms with van der Waals surface area (Å²) in [6.07, 6.45) is 0.935. The zero-order valence-electron chi connectivity index (χ0n) is 13.2. The van der Waals surface area contributed by atoms with Crippen molar-refractivity contribution in [2.24, 2.45) is 0 Å². The smallest absolute Gasteiger partial charge is 0.252 e. The first kappa shape index (κ1) is 16.6. The van der Waals surface area contributed by atoms with Crippen molar-refractivity contribution < 1.29 is 9.59 Å². The van der Waals surface area contributed by atoms with Crippen molar-refractivity contribution in [3.63, 3.8) is 0 Å². The van der Waals surface area contributed by atoms with Crippen LogP contribution in [0.5, 0.6) is 0 Å². The van der Waals surface area contributed by atoms with E-state index >= 15 is 0 Å². The molecule has 7 heteroatoms. The monoisotopic (exact) mass is 359 g/mol. The van der Waals surface area contributed by atoms with Gasteiger partial charge in [-0.3, -0.25) is 9.59 Å². The summed E-state index contributed by atoms with van der Waals surface area (Å²) in [6, 6.07) is 7.80. The van der Waals surface area contributed by atoms with Crippen LogP contribution in [0.4, 0.5) is 5.13 Å². The first-order valence-corrected chi connectivity index (χ1v) is 9.35. The lowest BCUT2D eigenvalue weighted by atomic mass is 10.2. The molecule has 0 unspecified atom stereocenters. The molecule has 124 valence electrons. The second-order valence-electron chi connectivity index (χ2n) is 5.41. The number of nitrogens with zero attached hydrogens (tertiary/aromatic N) is 1. The highest BCUT2D eigenvalue weighted by Gasteiger charge is 2.09. The van der Waals surface area contributed by atoms with Gasteiger partial charge in [0.25, 0.3) is 5.91 Å². The van der Waals surface area contributed by atoms with Crippen LogP contribution in [0.3, 0.4) is 0 Å². The predicted molar refractivity (Wildman–Crippen MR) is 98.9 cm³/mol. The minimum Gasteiger partial charge on any atom is -0.352 e. The number of carbonyl (C=O) groups excluding carboxylic acids is 2. The zero-order valence-corrected chi connectivity index (χ0v) is 14.8. The van der Waals surface area contributed by atoms with E-state index in [-0.39, 0.29) is 11.8 Å². The van der Waals surface area contributed by atoms with Crippen molar-refractivity contribution in [2.75, 3.05) is 11.9 Å². The Morgan fingerprint density at radius 3 is 2.92 bits per heavy atom. The average Bonchev–Trinajstić information content (AvgIpc) is 3.20. The number of nitrogens with one attached hydrogen (secondary N) is 2. The summed E-state index contributed by atoms with van der Waals surface area (Å²) in [4.78, 5) is 28.1. The molecule has 0 aliphatic rings. The van der Waals surface area contributed by atoms with Crippen LogP contribution in [0.2, 0.25) is 0 Å².